The Morgan fingerprint density at radius 3 is 2.42 bits per heavy atom. The van der Waals surface area contributed by atoms with E-state index >= 15 is 0 Å². The molecule has 6 nitrogen and oxygen atoms in total. The number of hydrogen-bond donors (Lipinski definition) is 3. The van der Waals surface area contributed by atoms with E-state index in [4.69, 9.17) is 5.73 Å². The van der Waals surface area contributed by atoms with Gasteiger partial charge in [0.05, 0.1) is 6.61 Å². The fourth-order valence-electron chi connectivity index (χ4n) is 2.28. The summed E-state index contributed by atoms with van der Waals surface area (Å²) in [5, 5.41) is 12.4. The zero-order chi connectivity index (χ0) is 16.9. The van der Waals surface area contributed by atoms with Crippen molar-refractivity contribution in [3.05, 3.63) is 65.5 Å². The van der Waals surface area contributed by atoms with Gasteiger partial charge in [-0.1, -0.05) is 42.5 Å². The quantitative estimate of drug-likeness (QED) is 0.666. The van der Waals surface area contributed by atoms with Crippen LogP contribution in [-0.4, -0.2) is 20.1 Å². The van der Waals surface area contributed by atoms with Crippen molar-refractivity contribution in [2.45, 2.75) is 13.2 Å². The molecule has 1 aromatic heterocycles. The van der Waals surface area contributed by atoms with Gasteiger partial charge in [0.15, 0.2) is 5.82 Å². The average molecular weight is 325 g/mol. The molecule has 0 amide bonds. The Hall–Kier alpha value is -3.06. The summed E-state index contributed by atoms with van der Waals surface area (Å²) in [7, 11) is 0. The maximum Gasteiger partial charge on any atom is 0.228 e. The summed E-state index contributed by atoms with van der Waals surface area (Å²) >= 11 is 0. The molecule has 7 heteroatoms. The Kier molecular flexibility index (Phi) is 4.62. The Balaban J connectivity index is 1.88. The maximum absolute atomic E-state index is 13.7. The van der Waals surface area contributed by atoms with Crippen LogP contribution in [0.3, 0.4) is 0 Å². The molecule has 122 valence electrons. The number of nitrogens with zero attached hydrogens (tertiary/aromatic N) is 3. The molecule has 0 aliphatic carbocycles. The van der Waals surface area contributed by atoms with E-state index in [2.05, 4.69) is 20.3 Å². The molecule has 3 aromatic rings. The van der Waals surface area contributed by atoms with Crippen molar-refractivity contribution in [3.8, 4) is 11.4 Å². The van der Waals surface area contributed by atoms with Crippen LogP contribution in [0.1, 0.15) is 11.1 Å². The number of nitrogens with two attached hydrogens (primary N) is 1. The van der Waals surface area contributed by atoms with Crippen LogP contribution >= 0.6 is 0 Å². The molecule has 0 radical (unpaired) electrons. The highest BCUT2D eigenvalue weighted by Crippen LogP contribution is 2.22. The number of aliphatic hydroxyl groups is 1. The number of anilines is 2. The lowest BCUT2D eigenvalue weighted by Crippen LogP contribution is -2.09. The molecule has 0 atom stereocenters. The third-order valence-corrected chi connectivity index (χ3v) is 3.48. The second kappa shape index (κ2) is 7.01. The largest absolute Gasteiger partial charge is 0.392 e. The molecule has 0 spiro atoms. The monoisotopic (exact) mass is 325 g/mol. The van der Waals surface area contributed by atoms with Crippen LogP contribution in [0.2, 0.25) is 0 Å². The first-order chi connectivity index (χ1) is 11.7. The van der Waals surface area contributed by atoms with E-state index in [0.29, 0.717) is 22.5 Å². The fraction of sp³-hybridized carbons (Fsp3) is 0.118. The predicted octanol–water partition coefficient (Wildman–Crippen LogP) is 2.36. The number of hydrogen-bond acceptors (Lipinski definition) is 6. The summed E-state index contributed by atoms with van der Waals surface area (Å²) in [6.07, 6.45) is 0. The van der Waals surface area contributed by atoms with E-state index in [9.17, 15) is 9.50 Å². The standard InChI is InChI=1S/C17H16FN5O/c18-14-8-4-2-5-11(14)9-20-17-22-15(21-16(19)23-17)13-7-3-1-6-12(13)10-24/h1-8,24H,9-10H2,(H3,19,20,21,22,23). The van der Waals surface area contributed by atoms with Gasteiger partial charge in [-0.2, -0.15) is 15.0 Å². The minimum Gasteiger partial charge on any atom is -0.392 e. The van der Waals surface area contributed by atoms with Gasteiger partial charge in [0, 0.05) is 17.7 Å². The summed E-state index contributed by atoms with van der Waals surface area (Å²) in [4.78, 5) is 12.4. The first kappa shape index (κ1) is 15.8. The Morgan fingerprint density at radius 1 is 0.958 bits per heavy atom. The SMILES string of the molecule is Nc1nc(NCc2ccccc2F)nc(-c2ccccc2CO)n1. The van der Waals surface area contributed by atoms with Crippen LogP contribution in [-0.2, 0) is 13.2 Å². The van der Waals surface area contributed by atoms with Gasteiger partial charge in [0.2, 0.25) is 11.9 Å². The maximum atomic E-state index is 13.7. The Morgan fingerprint density at radius 2 is 1.67 bits per heavy atom. The fourth-order valence-corrected chi connectivity index (χ4v) is 2.28. The number of rotatable bonds is 5. The molecule has 0 saturated heterocycles. The molecule has 0 saturated carbocycles. The second-order valence-electron chi connectivity index (χ2n) is 5.10. The van der Waals surface area contributed by atoms with Crippen molar-refractivity contribution < 1.29 is 9.50 Å². The highest BCUT2D eigenvalue weighted by atomic mass is 19.1. The average Bonchev–Trinajstić information content (AvgIpc) is 2.60. The normalized spacial score (nSPS) is 10.6. The molecule has 4 N–H and O–H groups in total. The highest BCUT2D eigenvalue weighted by molar-refractivity contribution is 5.62. The van der Waals surface area contributed by atoms with Crippen molar-refractivity contribution in [1.29, 1.82) is 0 Å². The molecular formula is C17H16FN5O. The zero-order valence-electron chi connectivity index (χ0n) is 12.8. The number of halogens is 1. The molecular weight excluding hydrogens is 309 g/mol. The van der Waals surface area contributed by atoms with E-state index in [1.54, 1.807) is 30.3 Å². The number of aromatic nitrogens is 3. The smallest absolute Gasteiger partial charge is 0.228 e. The molecule has 0 fully saturated rings. The summed E-state index contributed by atoms with van der Waals surface area (Å²) < 4.78 is 13.7. The number of benzene rings is 2. The van der Waals surface area contributed by atoms with Crippen LogP contribution in [0.25, 0.3) is 11.4 Å². The van der Waals surface area contributed by atoms with Gasteiger partial charge in [-0.15, -0.1) is 0 Å². The van der Waals surface area contributed by atoms with E-state index in [1.165, 1.54) is 6.07 Å². The van der Waals surface area contributed by atoms with Crippen molar-refractivity contribution in [2.24, 2.45) is 0 Å². The molecule has 0 unspecified atom stereocenters. The molecule has 0 bridgehead atoms. The van der Waals surface area contributed by atoms with Gasteiger partial charge in [-0.05, 0) is 11.6 Å². The molecule has 3 rings (SSSR count). The lowest BCUT2D eigenvalue weighted by atomic mass is 10.1. The van der Waals surface area contributed by atoms with Gasteiger partial charge >= 0.3 is 0 Å². The predicted molar refractivity (Wildman–Crippen MR) is 89.3 cm³/mol. The van der Waals surface area contributed by atoms with Crippen LogP contribution < -0.4 is 11.1 Å². The van der Waals surface area contributed by atoms with Crippen molar-refractivity contribution in [2.75, 3.05) is 11.1 Å². The third kappa shape index (κ3) is 3.47. The molecule has 24 heavy (non-hydrogen) atoms. The molecule has 0 aliphatic rings. The Labute approximate surface area is 138 Å². The van der Waals surface area contributed by atoms with Gasteiger partial charge in [0.1, 0.15) is 5.82 Å². The molecule has 0 aliphatic heterocycles. The second-order valence-corrected chi connectivity index (χ2v) is 5.10. The lowest BCUT2D eigenvalue weighted by Gasteiger charge is -2.10. The van der Waals surface area contributed by atoms with Crippen molar-refractivity contribution >= 4 is 11.9 Å². The summed E-state index contributed by atoms with van der Waals surface area (Å²) in [6.45, 7) is 0.0803. The summed E-state index contributed by atoms with van der Waals surface area (Å²) in [5.41, 5.74) is 7.60. The van der Waals surface area contributed by atoms with Crippen LogP contribution in [0.5, 0.6) is 0 Å². The highest BCUT2D eigenvalue weighted by Gasteiger charge is 2.11. The third-order valence-electron chi connectivity index (χ3n) is 3.48. The van der Waals surface area contributed by atoms with Crippen molar-refractivity contribution in [3.63, 3.8) is 0 Å². The minimum absolute atomic E-state index is 0.0452. The minimum atomic E-state index is -0.308. The number of nitrogens with one attached hydrogen (secondary N) is 1. The first-order valence-corrected chi connectivity index (χ1v) is 7.35. The van der Waals surface area contributed by atoms with Gasteiger partial charge in [-0.25, -0.2) is 4.39 Å². The first-order valence-electron chi connectivity index (χ1n) is 7.35. The van der Waals surface area contributed by atoms with E-state index in [-0.39, 0.29) is 30.9 Å². The number of aliphatic hydroxyl groups excluding tert-OH is 1. The summed E-state index contributed by atoms with van der Waals surface area (Å²) in [5.74, 6) is 0.332. The van der Waals surface area contributed by atoms with Crippen LogP contribution in [0.15, 0.2) is 48.5 Å². The van der Waals surface area contributed by atoms with Gasteiger partial charge < -0.3 is 16.2 Å². The summed E-state index contributed by atoms with van der Waals surface area (Å²) in [6, 6.07) is 13.7. The van der Waals surface area contributed by atoms with Crippen LogP contribution in [0, 0.1) is 5.82 Å². The van der Waals surface area contributed by atoms with Crippen molar-refractivity contribution in [1.82, 2.24) is 15.0 Å². The van der Waals surface area contributed by atoms with Gasteiger partial charge in [0.25, 0.3) is 0 Å². The van der Waals surface area contributed by atoms with E-state index in [1.807, 2.05) is 12.1 Å². The zero-order valence-corrected chi connectivity index (χ0v) is 12.8. The lowest BCUT2D eigenvalue weighted by molar-refractivity contribution is 0.282. The van der Waals surface area contributed by atoms with Crippen LogP contribution in [0.4, 0.5) is 16.3 Å². The molecule has 2 aromatic carbocycles. The topological polar surface area (TPSA) is 97.0 Å². The van der Waals surface area contributed by atoms with E-state index in [0.717, 1.165) is 0 Å². The molecule has 1 heterocycles. The van der Waals surface area contributed by atoms with Gasteiger partial charge in [-0.3, -0.25) is 0 Å². The van der Waals surface area contributed by atoms with E-state index < -0.39 is 0 Å². The Bertz CT molecular complexity index is 856. The number of nitrogen functional groups attached to an aromatic ring is 1.